The van der Waals surface area contributed by atoms with Crippen LogP contribution in [0.5, 0.6) is 0 Å². The number of guanidine groups is 1. The predicted molar refractivity (Wildman–Crippen MR) is 136 cm³/mol. The summed E-state index contributed by atoms with van der Waals surface area (Å²) in [4.78, 5) is 9.41. The molecule has 2 unspecified atom stereocenters. The first kappa shape index (κ1) is 24.3. The molecular formula is C22H32ClIN6O. The Balaban J connectivity index is 0.00000272. The van der Waals surface area contributed by atoms with Crippen molar-refractivity contribution in [2.75, 3.05) is 53.0 Å². The third-order valence-corrected chi connectivity index (χ3v) is 6.34. The number of rotatable bonds is 5. The zero-order chi connectivity index (χ0) is 20.9. The number of hydrogen-bond acceptors (Lipinski definition) is 4. The van der Waals surface area contributed by atoms with Gasteiger partial charge in [-0.15, -0.1) is 24.0 Å². The van der Waals surface area contributed by atoms with E-state index in [1.165, 1.54) is 11.1 Å². The zero-order valence-electron chi connectivity index (χ0n) is 18.2. The molecule has 9 heteroatoms. The third-order valence-electron chi connectivity index (χ3n) is 6.09. The first-order valence-corrected chi connectivity index (χ1v) is 11.0. The first-order valence-electron chi connectivity index (χ1n) is 10.7. The van der Waals surface area contributed by atoms with E-state index in [0.717, 1.165) is 63.3 Å². The van der Waals surface area contributed by atoms with Crippen LogP contribution in [0.3, 0.4) is 0 Å². The molecule has 2 aromatic rings. The van der Waals surface area contributed by atoms with E-state index in [2.05, 4.69) is 43.5 Å². The van der Waals surface area contributed by atoms with Crippen LogP contribution in [-0.4, -0.2) is 78.5 Å². The molecule has 3 heterocycles. The highest BCUT2D eigenvalue weighted by molar-refractivity contribution is 14.0. The predicted octanol–water partition coefficient (Wildman–Crippen LogP) is 3.13. The highest BCUT2D eigenvalue weighted by Crippen LogP contribution is 2.27. The van der Waals surface area contributed by atoms with Gasteiger partial charge >= 0.3 is 0 Å². The molecular weight excluding hydrogens is 527 g/mol. The lowest BCUT2D eigenvalue weighted by atomic mass is 10.0. The second-order valence-corrected chi connectivity index (χ2v) is 8.46. The number of hydrogen-bond donors (Lipinski definition) is 1. The number of aromatic nitrogens is 2. The van der Waals surface area contributed by atoms with E-state index < -0.39 is 0 Å². The highest BCUT2D eigenvalue weighted by atomic mass is 127. The number of likely N-dealkylation sites (tertiary alicyclic amines) is 1. The van der Waals surface area contributed by atoms with E-state index in [4.69, 9.17) is 16.3 Å². The van der Waals surface area contributed by atoms with Crippen LogP contribution < -0.4 is 5.32 Å². The van der Waals surface area contributed by atoms with Crippen LogP contribution in [0.4, 0.5) is 0 Å². The molecule has 170 valence electrons. The standard InChI is InChI=1S/C22H31ClN6O.HI/c1-24-22(29-8-7-18(16-29)19-13-26-27(2)15-19)25-14-21(28-9-11-30-12-10-28)17-3-5-20(23)6-4-17;/h3-6,13,15,18,21H,7-12,14,16H2,1-2H3,(H,24,25);1H. The minimum Gasteiger partial charge on any atom is -0.379 e. The number of aryl methyl sites for hydroxylation is 1. The molecule has 1 aromatic carbocycles. The van der Waals surface area contributed by atoms with Crippen molar-refractivity contribution in [2.24, 2.45) is 12.0 Å². The maximum absolute atomic E-state index is 6.12. The molecule has 31 heavy (non-hydrogen) atoms. The average Bonchev–Trinajstić information content (AvgIpc) is 3.42. The lowest BCUT2D eigenvalue weighted by Gasteiger charge is -2.35. The van der Waals surface area contributed by atoms with E-state index in [9.17, 15) is 0 Å². The van der Waals surface area contributed by atoms with Crippen molar-refractivity contribution in [2.45, 2.75) is 18.4 Å². The summed E-state index contributed by atoms with van der Waals surface area (Å²) >= 11 is 6.12. The zero-order valence-corrected chi connectivity index (χ0v) is 21.3. The molecule has 0 saturated carbocycles. The van der Waals surface area contributed by atoms with E-state index in [-0.39, 0.29) is 30.0 Å². The molecule has 2 aliphatic heterocycles. The minimum absolute atomic E-state index is 0. The monoisotopic (exact) mass is 558 g/mol. The Morgan fingerprint density at radius 2 is 2.00 bits per heavy atom. The summed E-state index contributed by atoms with van der Waals surface area (Å²) in [6.07, 6.45) is 5.23. The lowest BCUT2D eigenvalue weighted by Crippen LogP contribution is -2.47. The van der Waals surface area contributed by atoms with Gasteiger partial charge < -0.3 is 15.0 Å². The largest absolute Gasteiger partial charge is 0.379 e. The number of nitrogens with one attached hydrogen (secondary N) is 1. The minimum atomic E-state index is 0. The fraction of sp³-hybridized carbons (Fsp3) is 0.545. The molecule has 0 bridgehead atoms. The SMILES string of the molecule is CN=C(NCC(c1ccc(Cl)cc1)N1CCOCC1)N1CCC(c2cnn(C)c2)C1.I. The van der Waals surface area contributed by atoms with Gasteiger partial charge in [-0.2, -0.15) is 5.10 Å². The summed E-state index contributed by atoms with van der Waals surface area (Å²) in [5, 5.41) is 8.73. The molecule has 2 fully saturated rings. The van der Waals surface area contributed by atoms with Crippen LogP contribution in [0, 0.1) is 0 Å². The summed E-state index contributed by atoms with van der Waals surface area (Å²) in [5.74, 6) is 1.47. The maximum Gasteiger partial charge on any atom is 0.193 e. The Kier molecular flexibility index (Phi) is 9.00. The molecule has 0 spiro atoms. The van der Waals surface area contributed by atoms with Crippen molar-refractivity contribution in [3.05, 3.63) is 52.8 Å². The first-order chi connectivity index (χ1) is 14.6. The van der Waals surface area contributed by atoms with Gasteiger partial charge in [0.15, 0.2) is 5.96 Å². The number of morpholine rings is 1. The number of benzene rings is 1. The molecule has 2 aliphatic rings. The Morgan fingerprint density at radius 3 is 2.65 bits per heavy atom. The van der Waals surface area contributed by atoms with Crippen LogP contribution >= 0.6 is 35.6 Å². The van der Waals surface area contributed by atoms with E-state index >= 15 is 0 Å². The third kappa shape index (κ3) is 6.12. The second-order valence-electron chi connectivity index (χ2n) is 8.02. The molecule has 7 nitrogen and oxygen atoms in total. The smallest absolute Gasteiger partial charge is 0.193 e. The number of halogens is 2. The Bertz CT molecular complexity index is 852. The van der Waals surface area contributed by atoms with Crippen molar-refractivity contribution in [3.63, 3.8) is 0 Å². The van der Waals surface area contributed by atoms with Crippen molar-refractivity contribution in [1.82, 2.24) is 24.9 Å². The van der Waals surface area contributed by atoms with Gasteiger partial charge in [0, 0.05) is 64.0 Å². The van der Waals surface area contributed by atoms with Gasteiger partial charge in [-0.25, -0.2) is 0 Å². The number of ether oxygens (including phenoxy) is 1. The summed E-state index contributed by atoms with van der Waals surface area (Å²) < 4.78 is 7.45. The van der Waals surface area contributed by atoms with Gasteiger partial charge in [-0.05, 0) is 29.7 Å². The van der Waals surface area contributed by atoms with E-state index in [0.29, 0.717) is 5.92 Å². The van der Waals surface area contributed by atoms with Crippen LogP contribution in [-0.2, 0) is 11.8 Å². The van der Waals surface area contributed by atoms with Crippen LogP contribution in [0.1, 0.15) is 29.5 Å². The van der Waals surface area contributed by atoms with E-state index in [1.807, 2.05) is 37.1 Å². The van der Waals surface area contributed by atoms with Gasteiger partial charge in [0.2, 0.25) is 0 Å². The summed E-state index contributed by atoms with van der Waals surface area (Å²) in [6, 6.07) is 8.44. The summed E-state index contributed by atoms with van der Waals surface area (Å²) in [5.41, 5.74) is 2.57. The summed E-state index contributed by atoms with van der Waals surface area (Å²) in [6.45, 7) is 6.18. The van der Waals surface area contributed by atoms with Crippen LogP contribution in [0.25, 0.3) is 0 Å². The summed E-state index contributed by atoms with van der Waals surface area (Å²) in [7, 11) is 3.84. The fourth-order valence-electron chi connectivity index (χ4n) is 4.43. The molecule has 4 rings (SSSR count). The van der Waals surface area contributed by atoms with Crippen LogP contribution in [0.2, 0.25) is 5.02 Å². The molecule has 2 saturated heterocycles. The van der Waals surface area contributed by atoms with Gasteiger partial charge in [-0.3, -0.25) is 14.6 Å². The normalized spacial score (nSPS) is 21.1. The molecule has 1 aromatic heterocycles. The quantitative estimate of drug-likeness (QED) is 0.347. The average molecular weight is 559 g/mol. The topological polar surface area (TPSA) is 57.9 Å². The van der Waals surface area contributed by atoms with Crippen molar-refractivity contribution >= 4 is 41.5 Å². The van der Waals surface area contributed by atoms with Crippen LogP contribution in [0.15, 0.2) is 41.7 Å². The highest BCUT2D eigenvalue weighted by Gasteiger charge is 2.28. The molecule has 1 N–H and O–H groups in total. The Morgan fingerprint density at radius 1 is 1.26 bits per heavy atom. The second kappa shape index (κ2) is 11.5. The molecule has 0 radical (unpaired) electrons. The maximum atomic E-state index is 6.12. The number of aliphatic imine (C=N–C) groups is 1. The Hall–Kier alpha value is -1.36. The van der Waals surface area contributed by atoms with E-state index in [1.54, 1.807) is 0 Å². The molecule has 0 amide bonds. The number of nitrogens with zero attached hydrogens (tertiary/aromatic N) is 5. The van der Waals surface area contributed by atoms with Crippen molar-refractivity contribution in [1.29, 1.82) is 0 Å². The van der Waals surface area contributed by atoms with Gasteiger partial charge in [0.25, 0.3) is 0 Å². The molecule has 2 atom stereocenters. The van der Waals surface area contributed by atoms with Crippen molar-refractivity contribution < 1.29 is 4.74 Å². The van der Waals surface area contributed by atoms with Gasteiger partial charge in [0.05, 0.1) is 25.5 Å². The lowest BCUT2D eigenvalue weighted by molar-refractivity contribution is 0.0169. The van der Waals surface area contributed by atoms with Gasteiger partial charge in [0.1, 0.15) is 0 Å². The fourth-order valence-corrected chi connectivity index (χ4v) is 4.55. The van der Waals surface area contributed by atoms with Crippen molar-refractivity contribution in [3.8, 4) is 0 Å². The molecule has 0 aliphatic carbocycles. The Labute approximate surface area is 206 Å². The van der Waals surface area contributed by atoms with Gasteiger partial charge in [-0.1, -0.05) is 23.7 Å².